The summed E-state index contributed by atoms with van der Waals surface area (Å²) < 4.78 is 5.08. The molecule has 21 heavy (non-hydrogen) atoms. The molecular formula is C15H17ClN2O3. The van der Waals surface area contributed by atoms with Gasteiger partial charge in [-0.2, -0.15) is 0 Å². The van der Waals surface area contributed by atoms with E-state index in [4.69, 9.17) is 16.3 Å². The van der Waals surface area contributed by atoms with Gasteiger partial charge in [-0.1, -0.05) is 29.8 Å². The molecule has 6 heteroatoms. The molecule has 1 atom stereocenters. The molecule has 0 aromatic heterocycles. The van der Waals surface area contributed by atoms with Crippen LogP contribution >= 0.6 is 11.6 Å². The lowest BCUT2D eigenvalue weighted by atomic mass is 9.95. The second kappa shape index (κ2) is 6.63. The van der Waals surface area contributed by atoms with Gasteiger partial charge >= 0.3 is 12.0 Å². The molecule has 2 N–H and O–H groups in total. The van der Waals surface area contributed by atoms with E-state index in [0.29, 0.717) is 11.3 Å². The highest BCUT2D eigenvalue weighted by Crippen LogP contribution is 2.28. The predicted octanol–water partition coefficient (Wildman–Crippen LogP) is 2.40. The third-order valence-electron chi connectivity index (χ3n) is 3.19. The molecular weight excluding hydrogens is 292 g/mol. The van der Waals surface area contributed by atoms with E-state index in [2.05, 4.69) is 10.6 Å². The Labute approximate surface area is 128 Å². The van der Waals surface area contributed by atoms with Crippen LogP contribution in [0.3, 0.4) is 0 Å². The number of aryl methyl sites for hydroxylation is 1. The lowest BCUT2D eigenvalue weighted by molar-refractivity contribution is -0.139. The van der Waals surface area contributed by atoms with Crippen LogP contribution in [-0.4, -0.2) is 24.5 Å². The maximum atomic E-state index is 12.2. The topological polar surface area (TPSA) is 67.4 Å². The number of nitrogens with one attached hydrogen (secondary N) is 2. The molecule has 1 heterocycles. The zero-order chi connectivity index (χ0) is 15.4. The first-order chi connectivity index (χ1) is 10.1. The number of rotatable bonds is 4. The summed E-state index contributed by atoms with van der Waals surface area (Å²) >= 11 is 5.85. The minimum Gasteiger partial charge on any atom is -0.463 e. The highest BCUT2D eigenvalue weighted by molar-refractivity contribution is 6.20. The summed E-state index contributed by atoms with van der Waals surface area (Å²) in [6, 6.07) is 6.64. The third kappa shape index (κ3) is 3.36. The Bertz CT molecular complexity index is 581. The first-order valence-corrected chi connectivity index (χ1v) is 7.20. The minimum atomic E-state index is -0.563. The fourth-order valence-electron chi connectivity index (χ4n) is 2.18. The van der Waals surface area contributed by atoms with Gasteiger partial charge in [-0.05, 0) is 19.4 Å². The maximum Gasteiger partial charge on any atom is 0.338 e. The number of hydrogen-bond acceptors (Lipinski definition) is 3. The number of hydrogen-bond donors (Lipinski definition) is 2. The number of amides is 2. The zero-order valence-corrected chi connectivity index (χ0v) is 12.7. The fraction of sp³-hybridized carbons (Fsp3) is 0.333. The van der Waals surface area contributed by atoms with Gasteiger partial charge in [0.15, 0.2) is 0 Å². The molecule has 0 saturated carbocycles. The lowest BCUT2D eigenvalue weighted by Crippen LogP contribution is -2.46. The molecule has 0 radical (unpaired) electrons. The van der Waals surface area contributed by atoms with Crippen LogP contribution in [0.2, 0.25) is 0 Å². The summed E-state index contributed by atoms with van der Waals surface area (Å²) in [6.45, 7) is 3.96. The minimum absolute atomic E-state index is 0.0317. The van der Waals surface area contributed by atoms with Crippen LogP contribution in [-0.2, 0) is 9.53 Å². The predicted molar refractivity (Wildman–Crippen MR) is 80.0 cm³/mol. The average molecular weight is 309 g/mol. The van der Waals surface area contributed by atoms with Crippen molar-refractivity contribution in [3.63, 3.8) is 0 Å². The molecule has 0 bridgehead atoms. The summed E-state index contributed by atoms with van der Waals surface area (Å²) in [5.74, 6) is -0.449. The van der Waals surface area contributed by atoms with Crippen molar-refractivity contribution in [3.8, 4) is 0 Å². The molecule has 0 aliphatic carbocycles. The summed E-state index contributed by atoms with van der Waals surface area (Å²) in [6.07, 6.45) is 0. The first-order valence-electron chi connectivity index (χ1n) is 6.67. The van der Waals surface area contributed by atoms with E-state index in [9.17, 15) is 9.59 Å². The Balaban J connectivity index is 2.46. The Morgan fingerprint density at radius 1 is 1.33 bits per heavy atom. The van der Waals surface area contributed by atoms with Crippen molar-refractivity contribution in [2.24, 2.45) is 0 Å². The van der Waals surface area contributed by atoms with Gasteiger partial charge in [0.1, 0.15) is 0 Å². The number of carbonyl (C=O) groups excluding carboxylic acids is 2. The Kier molecular flexibility index (Phi) is 4.85. The van der Waals surface area contributed by atoms with E-state index in [0.717, 1.165) is 11.1 Å². The van der Waals surface area contributed by atoms with E-state index in [-0.39, 0.29) is 18.5 Å². The molecule has 5 nitrogen and oxygen atoms in total. The SMILES string of the molecule is CCOC(=O)C1=C(CCl)NC(=O)N[C@H]1c1ccc(C)cc1. The Morgan fingerprint density at radius 2 is 2.00 bits per heavy atom. The molecule has 0 unspecified atom stereocenters. The molecule has 1 aromatic carbocycles. The van der Waals surface area contributed by atoms with Crippen LogP contribution < -0.4 is 10.6 Å². The molecule has 0 spiro atoms. The second-order valence-electron chi connectivity index (χ2n) is 4.69. The quantitative estimate of drug-likeness (QED) is 0.663. The van der Waals surface area contributed by atoms with E-state index < -0.39 is 12.0 Å². The number of halogens is 1. The zero-order valence-electron chi connectivity index (χ0n) is 11.9. The van der Waals surface area contributed by atoms with Gasteiger partial charge in [0.2, 0.25) is 0 Å². The van der Waals surface area contributed by atoms with Gasteiger partial charge in [-0.15, -0.1) is 11.6 Å². The summed E-state index contributed by atoms with van der Waals surface area (Å²) in [4.78, 5) is 23.9. The second-order valence-corrected chi connectivity index (χ2v) is 4.96. The van der Waals surface area contributed by atoms with Crippen molar-refractivity contribution in [2.75, 3.05) is 12.5 Å². The number of ether oxygens (including phenoxy) is 1. The van der Waals surface area contributed by atoms with Crippen molar-refractivity contribution in [2.45, 2.75) is 19.9 Å². The molecule has 1 aliphatic heterocycles. The molecule has 0 saturated heterocycles. The summed E-state index contributed by atoms with van der Waals surface area (Å²) in [7, 11) is 0. The monoisotopic (exact) mass is 308 g/mol. The molecule has 1 aliphatic rings. The van der Waals surface area contributed by atoms with E-state index >= 15 is 0 Å². The van der Waals surface area contributed by atoms with E-state index in [1.165, 1.54) is 0 Å². The van der Waals surface area contributed by atoms with Crippen LogP contribution in [0.5, 0.6) is 0 Å². The highest BCUT2D eigenvalue weighted by atomic mass is 35.5. The van der Waals surface area contributed by atoms with Crippen LogP contribution in [0.4, 0.5) is 4.79 Å². The van der Waals surface area contributed by atoms with E-state index in [1.54, 1.807) is 6.92 Å². The average Bonchev–Trinajstić information content (AvgIpc) is 2.47. The van der Waals surface area contributed by atoms with Crippen molar-refractivity contribution in [1.82, 2.24) is 10.6 Å². The van der Waals surface area contributed by atoms with Gasteiger partial charge in [0, 0.05) is 5.70 Å². The van der Waals surface area contributed by atoms with Gasteiger partial charge in [-0.25, -0.2) is 9.59 Å². The molecule has 2 amide bonds. The summed E-state index contributed by atoms with van der Waals surface area (Å²) in [5.41, 5.74) is 2.62. The Morgan fingerprint density at radius 3 is 2.57 bits per heavy atom. The van der Waals surface area contributed by atoms with Gasteiger partial charge in [0.05, 0.1) is 24.1 Å². The van der Waals surface area contributed by atoms with Crippen molar-refractivity contribution in [1.29, 1.82) is 0 Å². The Hall–Kier alpha value is -2.01. The van der Waals surface area contributed by atoms with Crippen LogP contribution in [0.1, 0.15) is 24.1 Å². The third-order valence-corrected chi connectivity index (χ3v) is 3.46. The number of alkyl halides is 1. The van der Waals surface area contributed by atoms with Crippen LogP contribution in [0, 0.1) is 6.92 Å². The van der Waals surface area contributed by atoms with Crippen molar-refractivity contribution < 1.29 is 14.3 Å². The van der Waals surface area contributed by atoms with E-state index in [1.807, 2.05) is 31.2 Å². The van der Waals surface area contributed by atoms with Gasteiger partial charge < -0.3 is 15.4 Å². The largest absolute Gasteiger partial charge is 0.463 e. The van der Waals surface area contributed by atoms with Crippen molar-refractivity contribution >= 4 is 23.6 Å². The number of carbonyl (C=O) groups is 2. The maximum absolute atomic E-state index is 12.2. The standard InChI is InChI=1S/C15H17ClN2O3/c1-3-21-14(19)12-11(8-16)17-15(20)18-13(12)10-6-4-9(2)5-7-10/h4-7,13H,3,8H2,1-2H3,(H2,17,18,20)/t13-/m0/s1. The smallest absolute Gasteiger partial charge is 0.338 e. The molecule has 2 rings (SSSR count). The number of esters is 1. The van der Waals surface area contributed by atoms with Crippen LogP contribution in [0.25, 0.3) is 0 Å². The first kappa shape index (κ1) is 15.4. The highest BCUT2D eigenvalue weighted by Gasteiger charge is 2.33. The fourth-order valence-corrected chi connectivity index (χ4v) is 2.39. The van der Waals surface area contributed by atoms with Gasteiger partial charge in [0.25, 0.3) is 0 Å². The number of benzene rings is 1. The normalized spacial score (nSPS) is 18.0. The number of allylic oxidation sites excluding steroid dienone is 1. The molecule has 0 fully saturated rings. The summed E-state index contributed by atoms with van der Waals surface area (Å²) in [5, 5.41) is 5.30. The number of urea groups is 1. The van der Waals surface area contributed by atoms with Crippen molar-refractivity contribution in [3.05, 3.63) is 46.7 Å². The van der Waals surface area contributed by atoms with Crippen LogP contribution in [0.15, 0.2) is 35.5 Å². The molecule has 112 valence electrons. The lowest BCUT2D eigenvalue weighted by Gasteiger charge is -2.28. The molecule has 1 aromatic rings. The van der Waals surface area contributed by atoms with Gasteiger partial charge in [-0.3, -0.25) is 0 Å².